The number of fused-ring (bicyclic) bond motifs is 1. The number of hydrogen-bond acceptors (Lipinski definition) is 5. The molecule has 0 amide bonds. The summed E-state index contributed by atoms with van der Waals surface area (Å²) in [5.74, 6) is 0. The minimum atomic E-state index is -0.427. The van der Waals surface area contributed by atoms with E-state index in [-0.39, 0.29) is 5.69 Å². The highest BCUT2D eigenvalue weighted by molar-refractivity contribution is 6.16. The Bertz CT molecular complexity index is 753. The Morgan fingerprint density at radius 1 is 1.10 bits per heavy atom. The van der Waals surface area contributed by atoms with Crippen LogP contribution in [0.5, 0.6) is 0 Å². The van der Waals surface area contributed by atoms with Crippen LogP contribution in [0.15, 0.2) is 59.7 Å². The second-order valence-corrected chi connectivity index (χ2v) is 4.42. The van der Waals surface area contributed by atoms with Gasteiger partial charge in [-0.25, -0.2) is 0 Å². The first kappa shape index (κ1) is 12.9. The normalized spacial score (nSPS) is 14.0. The fourth-order valence-corrected chi connectivity index (χ4v) is 2.08. The van der Waals surface area contributed by atoms with E-state index in [1.807, 2.05) is 24.3 Å². The van der Waals surface area contributed by atoms with Gasteiger partial charge in [0, 0.05) is 29.6 Å². The molecule has 1 aliphatic rings. The van der Waals surface area contributed by atoms with Crippen molar-refractivity contribution in [2.45, 2.75) is 0 Å². The van der Waals surface area contributed by atoms with Crippen LogP contribution in [0.4, 0.5) is 17.1 Å². The van der Waals surface area contributed by atoms with E-state index >= 15 is 0 Å². The summed E-state index contributed by atoms with van der Waals surface area (Å²) >= 11 is 0. The van der Waals surface area contributed by atoms with Crippen LogP contribution in [-0.4, -0.2) is 11.1 Å². The van der Waals surface area contributed by atoms with Crippen LogP contribution < -0.4 is 10.9 Å². The number of hydrogen-bond donors (Lipinski definition) is 2. The Morgan fingerprint density at radius 2 is 1.86 bits per heavy atom. The molecule has 2 aromatic carbocycles. The van der Waals surface area contributed by atoms with Gasteiger partial charge in [-0.2, -0.15) is 0 Å². The summed E-state index contributed by atoms with van der Waals surface area (Å²) in [5, 5.41) is 10.9. The standard InChI is InChI=1S/C15H12N4O2/c20-19(21)15-8-4-3-7-14(15)18-17-10-11-9-16-13-6-2-1-5-12(11)13/h1-10,17-18H/b11-10+. The first-order valence-electron chi connectivity index (χ1n) is 6.34. The van der Waals surface area contributed by atoms with Crippen LogP contribution in [0.25, 0.3) is 5.57 Å². The van der Waals surface area contributed by atoms with Crippen LogP contribution in [0.2, 0.25) is 0 Å². The van der Waals surface area contributed by atoms with Gasteiger partial charge in [-0.15, -0.1) is 0 Å². The summed E-state index contributed by atoms with van der Waals surface area (Å²) in [7, 11) is 0. The molecular formula is C15H12N4O2. The van der Waals surface area contributed by atoms with Gasteiger partial charge in [-0.3, -0.25) is 20.5 Å². The largest absolute Gasteiger partial charge is 0.307 e. The Balaban J connectivity index is 1.75. The highest BCUT2D eigenvalue weighted by atomic mass is 16.6. The van der Waals surface area contributed by atoms with Gasteiger partial charge in [-0.05, 0) is 12.1 Å². The Kier molecular flexibility index (Phi) is 3.34. The molecule has 2 aromatic rings. The molecular weight excluding hydrogens is 268 g/mol. The molecule has 0 radical (unpaired) electrons. The number of nitrogens with zero attached hydrogens (tertiary/aromatic N) is 2. The lowest BCUT2D eigenvalue weighted by Crippen LogP contribution is -2.16. The van der Waals surface area contributed by atoms with Crippen LogP contribution in [-0.2, 0) is 0 Å². The third kappa shape index (κ3) is 2.59. The molecule has 6 nitrogen and oxygen atoms in total. The van der Waals surface area contributed by atoms with E-state index in [0.29, 0.717) is 5.69 Å². The maximum Gasteiger partial charge on any atom is 0.294 e. The fourth-order valence-electron chi connectivity index (χ4n) is 2.08. The van der Waals surface area contributed by atoms with Gasteiger partial charge in [-0.1, -0.05) is 30.3 Å². The van der Waals surface area contributed by atoms with Gasteiger partial charge in [0.1, 0.15) is 5.69 Å². The zero-order valence-corrected chi connectivity index (χ0v) is 11.0. The summed E-state index contributed by atoms with van der Waals surface area (Å²) in [6.45, 7) is 0. The van der Waals surface area contributed by atoms with E-state index in [9.17, 15) is 10.1 Å². The van der Waals surface area contributed by atoms with Gasteiger partial charge in [0.15, 0.2) is 0 Å². The van der Waals surface area contributed by atoms with E-state index in [1.165, 1.54) is 6.07 Å². The minimum Gasteiger partial charge on any atom is -0.307 e. The SMILES string of the molecule is O=[N+]([O-])c1ccccc1NN/C=C1\C=Nc2ccccc21. The van der Waals surface area contributed by atoms with Gasteiger partial charge in [0.25, 0.3) is 5.69 Å². The molecule has 0 atom stereocenters. The molecule has 1 heterocycles. The van der Waals surface area contributed by atoms with E-state index in [2.05, 4.69) is 15.8 Å². The molecule has 104 valence electrons. The first-order chi connectivity index (χ1) is 10.3. The number of benzene rings is 2. The van der Waals surface area contributed by atoms with Crippen molar-refractivity contribution >= 4 is 28.8 Å². The molecule has 2 N–H and O–H groups in total. The number of rotatable bonds is 4. The monoisotopic (exact) mass is 280 g/mol. The summed E-state index contributed by atoms with van der Waals surface area (Å²) in [4.78, 5) is 14.8. The molecule has 21 heavy (non-hydrogen) atoms. The third-order valence-electron chi connectivity index (χ3n) is 3.09. The van der Waals surface area contributed by atoms with Crippen molar-refractivity contribution in [2.24, 2.45) is 4.99 Å². The number of para-hydroxylation sites is 3. The van der Waals surface area contributed by atoms with Crippen LogP contribution in [0.3, 0.4) is 0 Å². The van der Waals surface area contributed by atoms with Gasteiger partial charge in [0.2, 0.25) is 0 Å². The van der Waals surface area contributed by atoms with Crippen molar-refractivity contribution in [1.29, 1.82) is 0 Å². The summed E-state index contributed by atoms with van der Waals surface area (Å²) in [6.07, 6.45) is 3.48. The van der Waals surface area contributed by atoms with Gasteiger partial charge >= 0.3 is 0 Å². The van der Waals surface area contributed by atoms with Gasteiger partial charge < -0.3 is 5.43 Å². The predicted molar refractivity (Wildman–Crippen MR) is 82.4 cm³/mol. The number of nitro benzene ring substituents is 1. The molecule has 0 unspecified atom stereocenters. The molecule has 3 rings (SSSR count). The molecule has 1 aliphatic heterocycles. The molecule has 0 saturated heterocycles. The zero-order chi connectivity index (χ0) is 14.7. The lowest BCUT2D eigenvalue weighted by molar-refractivity contribution is -0.384. The van der Waals surface area contributed by atoms with Gasteiger partial charge in [0.05, 0.1) is 10.6 Å². The topological polar surface area (TPSA) is 79.6 Å². The molecule has 0 aromatic heterocycles. The number of nitrogens with one attached hydrogen (secondary N) is 2. The predicted octanol–water partition coefficient (Wildman–Crippen LogP) is 3.27. The maximum absolute atomic E-state index is 10.9. The Hall–Kier alpha value is -3.15. The van der Waals surface area contributed by atoms with Crippen LogP contribution in [0.1, 0.15) is 5.56 Å². The van der Waals surface area contributed by atoms with Crippen LogP contribution >= 0.6 is 0 Å². The molecule has 6 heteroatoms. The van der Waals surface area contributed by atoms with E-state index in [4.69, 9.17) is 0 Å². The number of nitro groups is 1. The van der Waals surface area contributed by atoms with Crippen molar-refractivity contribution in [2.75, 3.05) is 5.43 Å². The smallest absolute Gasteiger partial charge is 0.294 e. The Morgan fingerprint density at radius 3 is 2.71 bits per heavy atom. The Labute approximate surface area is 121 Å². The number of aliphatic imine (C=N–C) groups is 1. The molecule has 0 bridgehead atoms. The average Bonchev–Trinajstić information content (AvgIpc) is 2.91. The van der Waals surface area contributed by atoms with Crippen molar-refractivity contribution < 1.29 is 4.92 Å². The molecule has 0 spiro atoms. The second-order valence-electron chi connectivity index (χ2n) is 4.42. The average molecular weight is 280 g/mol. The van der Waals surface area contributed by atoms with E-state index in [1.54, 1.807) is 30.6 Å². The lowest BCUT2D eigenvalue weighted by Gasteiger charge is -2.07. The lowest BCUT2D eigenvalue weighted by atomic mass is 10.1. The van der Waals surface area contributed by atoms with E-state index in [0.717, 1.165) is 16.8 Å². The van der Waals surface area contributed by atoms with Crippen LogP contribution in [0, 0.1) is 10.1 Å². The quantitative estimate of drug-likeness (QED) is 0.665. The van der Waals surface area contributed by atoms with E-state index < -0.39 is 4.92 Å². The minimum absolute atomic E-state index is 0.0175. The summed E-state index contributed by atoms with van der Waals surface area (Å²) < 4.78 is 0. The van der Waals surface area contributed by atoms with Crippen molar-refractivity contribution in [1.82, 2.24) is 5.43 Å². The summed E-state index contributed by atoms with van der Waals surface area (Å²) in [5.41, 5.74) is 8.97. The number of anilines is 1. The molecule has 0 fully saturated rings. The summed E-state index contributed by atoms with van der Waals surface area (Å²) in [6, 6.07) is 14.2. The fraction of sp³-hybridized carbons (Fsp3) is 0. The van der Waals surface area contributed by atoms with Crippen molar-refractivity contribution in [3.63, 3.8) is 0 Å². The van der Waals surface area contributed by atoms with Crippen molar-refractivity contribution in [3.05, 3.63) is 70.4 Å². The van der Waals surface area contributed by atoms with Crippen molar-refractivity contribution in [3.8, 4) is 0 Å². The number of hydrazine groups is 1. The second kappa shape index (κ2) is 5.46. The molecule has 0 saturated carbocycles. The zero-order valence-electron chi connectivity index (χ0n) is 11.0. The molecule has 0 aliphatic carbocycles. The highest BCUT2D eigenvalue weighted by Crippen LogP contribution is 2.30. The third-order valence-corrected chi connectivity index (χ3v) is 3.09. The number of allylic oxidation sites excluding steroid dienone is 1. The maximum atomic E-state index is 10.9. The first-order valence-corrected chi connectivity index (χ1v) is 6.34. The highest BCUT2D eigenvalue weighted by Gasteiger charge is 2.12.